The zero-order valence-corrected chi connectivity index (χ0v) is 23.1. The number of aliphatic hydroxyl groups is 1. The van der Waals surface area contributed by atoms with E-state index in [9.17, 15) is 14.7 Å². The smallest absolute Gasteiger partial charge is 0.295 e. The van der Waals surface area contributed by atoms with E-state index >= 15 is 0 Å². The molecule has 1 amide bonds. The van der Waals surface area contributed by atoms with E-state index in [1.54, 1.807) is 37.4 Å². The van der Waals surface area contributed by atoms with Gasteiger partial charge in [0.25, 0.3) is 11.7 Å². The second-order valence-corrected chi connectivity index (χ2v) is 9.48. The summed E-state index contributed by atoms with van der Waals surface area (Å²) in [5.74, 6) is 0.425. The lowest BCUT2D eigenvalue weighted by Gasteiger charge is -2.26. The Kier molecular flexibility index (Phi) is 9.63. The lowest BCUT2D eigenvalue weighted by Crippen LogP contribution is -2.31. The van der Waals surface area contributed by atoms with Gasteiger partial charge in [-0.2, -0.15) is 0 Å². The molecule has 0 saturated carbocycles. The SMILES string of the molecule is COCCCN1C(=O)C(=O)C(=C(O)c2ccc(OCC(C)C)c(C)c2)[C@@H]1c1cc(OC)c(OC)c(OC)c1. The third-order valence-corrected chi connectivity index (χ3v) is 6.31. The molecule has 1 aliphatic heterocycles. The number of methoxy groups -OCH3 is 4. The van der Waals surface area contributed by atoms with Crippen LogP contribution in [0.3, 0.4) is 0 Å². The summed E-state index contributed by atoms with van der Waals surface area (Å²) in [5.41, 5.74) is 1.73. The van der Waals surface area contributed by atoms with Crippen molar-refractivity contribution in [2.75, 3.05) is 48.2 Å². The molecule has 3 rings (SSSR count). The number of carbonyl (C=O) groups excluding carboxylic acids is 2. The first-order chi connectivity index (χ1) is 18.2. The highest BCUT2D eigenvalue weighted by atomic mass is 16.5. The highest BCUT2D eigenvalue weighted by Gasteiger charge is 2.46. The third-order valence-electron chi connectivity index (χ3n) is 6.31. The van der Waals surface area contributed by atoms with Gasteiger partial charge >= 0.3 is 0 Å². The Morgan fingerprint density at radius 1 is 0.974 bits per heavy atom. The Bertz CT molecular complexity index is 1180. The van der Waals surface area contributed by atoms with Crippen LogP contribution in [0.4, 0.5) is 0 Å². The molecule has 1 N–H and O–H groups in total. The summed E-state index contributed by atoms with van der Waals surface area (Å²) in [4.78, 5) is 28.0. The normalized spacial score (nSPS) is 16.7. The summed E-state index contributed by atoms with van der Waals surface area (Å²) in [6.07, 6.45) is 0.505. The van der Waals surface area contributed by atoms with E-state index in [2.05, 4.69) is 13.8 Å². The Morgan fingerprint density at radius 3 is 2.16 bits per heavy atom. The molecule has 9 heteroatoms. The number of hydrogen-bond donors (Lipinski definition) is 1. The highest BCUT2D eigenvalue weighted by Crippen LogP contribution is 2.46. The van der Waals surface area contributed by atoms with E-state index in [4.69, 9.17) is 23.7 Å². The number of carbonyl (C=O) groups is 2. The van der Waals surface area contributed by atoms with E-state index in [1.807, 2.05) is 6.92 Å². The van der Waals surface area contributed by atoms with Crippen LogP contribution in [0.1, 0.15) is 43.0 Å². The van der Waals surface area contributed by atoms with Gasteiger partial charge in [-0.15, -0.1) is 0 Å². The van der Waals surface area contributed by atoms with Gasteiger partial charge in [-0.05, 0) is 60.7 Å². The zero-order valence-electron chi connectivity index (χ0n) is 23.1. The molecule has 38 heavy (non-hydrogen) atoms. The van der Waals surface area contributed by atoms with Gasteiger partial charge in [-0.3, -0.25) is 9.59 Å². The number of amides is 1. The maximum Gasteiger partial charge on any atom is 0.295 e. The van der Waals surface area contributed by atoms with Crippen LogP contribution >= 0.6 is 0 Å². The van der Waals surface area contributed by atoms with Gasteiger partial charge in [0.05, 0.1) is 39.6 Å². The minimum absolute atomic E-state index is 0.0167. The van der Waals surface area contributed by atoms with Crippen molar-refractivity contribution in [2.24, 2.45) is 5.92 Å². The molecule has 0 aliphatic carbocycles. The number of hydrogen-bond acceptors (Lipinski definition) is 8. The molecule has 0 bridgehead atoms. The molecule has 1 atom stereocenters. The van der Waals surface area contributed by atoms with Crippen LogP contribution in [0.2, 0.25) is 0 Å². The monoisotopic (exact) mass is 527 g/mol. The van der Waals surface area contributed by atoms with Crippen molar-refractivity contribution in [3.63, 3.8) is 0 Å². The number of aliphatic hydroxyl groups excluding tert-OH is 1. The van der Waals surface area contributed by atoms with Gasteiger partial charge in [-0.25, -0.2) is 0 Å². The average molecular weight is 528 g/mol. The molecule has 2 aromatic rings. The Hall–Kier alpha value is -3.72. The van der Waals surface area contributed by atoms with Gasteiger partial charge in [0.15, 0.2) is 11.5 Å². The number of benzene rings is 2. The number of ether oxygens (including phenoxy) is 5. The molecule has 1 heterocycles. The second-order valence-electron chi connectivity index (χ2n) is 9.48. The van der Waals surface area contributed by atoms with E-state index in [0.29, 0.717) is 59.7 Å². The van der Waals surface area contributed by atoms with E-state index in [1.165, 1.54) is 26.2 Å². The van der Waals surface area contributed by atoms with Crippen molar-refractivity contribution >= 4 is 17.4 Å². The fourth-order valence-electron chi connectivity index (χ4n) is 4.47. The lowest BCUT2D eigenvalue weighted by atomic mass is 9.94. The van der Waals surface area contributed by atoms with Gasteiger partial charge in [-0.1, -0.05) is 13.8 Å². The standard InChI is InChI=1S/C29H37NO8/c1-17(2)16-38-21-10-9-19(13-18(21)3)26(31)24-25(30(11-8-12-34-4)29(33)27(24)32)20-14-22(35-5)28(37-7)23(15-20)36-6/h9-10,13-15,17,25,31H,8,11-12,16H2,1-7H3/t25-/m0/s1. The van der Waals surface area contributed by atoms with Gasteiger partial charge in [0.2, 0.25) is 5.75 Å². The summed E-state index contributed by atoms with van der Waals surface area (Å²) < 4.78 is 27.5. The third kappa shape index (κ3) is 5.88. The van der Waals surface area contributed by atoms with Crippen molar-refractivity contribution in [1.29, 1.82) is 0 Å². The highest BCUT2D eigenvalue weighted by molar-refractivity contribution is 6.46. The fraction of sp³-hybridized carbons (Fsp3) is 0.448. The van der Waals surface area contributed by atoms with Crippen molar-refractivity contribution in [3.8, 4) is 23.0 Å². The maximum absolute atomic E-state index is 13.4. The van der Waals surface area contributed by atoms with Crippen molar-refractivity contribution in [3.05, 3.63) is 52.6 Å². The molecule has 1 fully saturated rings. The molecular formula is C29H37NO8. The van der Waals surface area contributed by atoms with Crippen LogP contribution in [-0.2, 0) is 14.3 Å². The first-order valence-electron chi connectivity index (χ1n) is 12.5. The van der Waals surface area contributed by atoms with Gasteiger partial charge in [0.1, 0.15) is 11.5 Å². The number of likely N-dealkylation sites (tertiary alicyclic amines) is 1. The summed E-state index contributed by atoms with van der Waals surface area (Å²) in [7, 11) is 6.04. The molecule has 0 unspecified atom stereocenters. The minimum atomic E-state index is -0.877. The Morgan fingerprint density at radius 2 is 1.63 bits per heavy atom. The van der Waals surface area contributed by atoms with Crippen LogP contribution in [0.5, 0.6) is 23.0 Å². The molecule has 0 radical (unpaired) electrons. The second kappa shape index (κ2) is 12.7. The van der Waals surface area contributed by atoms with E-state index < -0.39 is 17.7 Å². The Balaban J connectivity index is 2.17. The predicted molar refractivity (Wildman–Crippen MR) is 143 cm³/mol. The fourth-order valence-corrected chi connectivity index (χ4v) is 4.47. The van der Waals surface area contributed by atoms with Crippen molar-refractivity contribution < 1.29 is 38.4 Å². The van der Waals surface area contributed by atoms with Crippen LogP contribution in [-0.4, -0.2) is 69.9 Å². The summed E-state index contributed by atoms with van der Waals surface area (Å²) in [5, 5.41) is 11.4. The van der Waals surface area contributed by atoms with Crippen LogP contribution < -0.4 is 18.9 Å². The van der Waals surface area contributed by atoms with E-state index in [-0.39, 0.29) is 17.9 Å². The molecule has 1 saturated heterocycles. The quantitative estimate of drug-likeness (QED) is 0.186. The van der Waals surface area contributed by atoms with Crippen molar-refractivity contribution in [2.45, 2.75) is 33.2 Å². The number of rotatable bonds is 12. The molecule has 0 spiro atoms. The first-order valence-corrected chi connectivity index (χ1v) is 12.5. The first kappa shape index (κ1) is 28.8. The summed E-state index contributed by atoms with van der Waals surface area (Å²) in [6, 6.07) is 7.68. The number of nitrogens with zero attached hydrogens (tertiary/aromatic N) is 1. The predicted octanol–water partition coefficient (Wildman–Crippen LogP) is 4.51. The molecular weight excluding hydrogens is 490 g/mol. The van der Waals surface area contributed by atoms with Crippen LogP contribution in [0.15, 0.2) is 35.9 Å². The maximum atomic E-state index is 13.4. The number of aryl methyl sites for hydroxylation is 1. The molecule has 0 aromatic heterocycles. The molecule has 1 aliphatic rings. The number of ketones is 1. The average Bonchev–Trinajstić information content (AvgIpc) is 3.16. The summed E-state index contributed by atoms with van der Waals surface area (Å²) >= 11 is 0. The number of Topliss-reactive ketones (excluding diaryl/α,β-unsaturated/α-hetero) is 1. The minimum Gasteiger partial charge on any atom is -0.507 e. The van der Waals surface area contributed by atoms with Crippen LogP contribution in [0, 0.1) is 12.8 Å². The zero-order chi connectivity index (χ0) is 28.0. The van der Waals surface area contributed by atoms with Crippen molar-refractivity contribution in [1.82, 2.24) is 4.90 Å². The van der Waals surface area contributed by atoms with Gasteiger partial charge in [0, 0.05) is 25.8 Å². The van der Waals surface area contributed by atoms with E-state index in [0.717, 1.165) is 5.56 Å². The summed E-state index contributed by atoms with van der Waals surface area (Å²) in [6.45, 7) is 7.20. The molecule has 2 aromatic carbocycles. The molecule has 9 nitrogen and oxygen atoms in total. The van der Waals surface area contributed by atoms with Crippen LogP contribution in [0.25, 0.3) is 5.76 Å². The molecule has 206 valence electrons. The van der Waals surface area contributed by atoms with Gasteiger partial charge < -0.3 is 33.7 Å². The lowest BCUT2D eigenvalue weighted by molar-refractivity contribution is -0.140. The Labute approximate surface area is 223 Å². The largest absolute Gasteiger partial charge is 0.507 e. The topological polar surface area (TPSA) is 104 Å².